The number of fused-ring (bicyclic) bond motifs is 1. The molecule has 0 saturated heterocycles. The molecule has 0 N–H and O–H groups in total. The van der Waals surface area contributed by atoms with Crippen LogP contribution in [0.5, 0.6) is 5.75 Å². The maximum atomic E-state index is 12.2. The summed E-state index contributed by atoms with van der Waals surface area (Å²) in [5, 5.41) is 0. The number of alkyl halides is 1. The van der Waals surface area contributed by atoms with Crippen molar-refractivity contribution in [2.24, 2.45) is 0 Å². The molecule has 0 unspecified atom stereocenters. The quantitative estimate of drug-likeness (QED) is 0.720. The topological polar surface area (TPSA) is 38.2 Å². The summed E-state index contributed by atoms with van der Waals surface area (Å²) in [6.07, 6.45) is 1.76. The number of nitrogens with zero attached hydrogens (tertiary/aromatic N) is 3. The summed E-state index contributed by atoms with van der Waals surface area (Å²) in [7, 11) is 4.00. The molecule has 0 fully saturated rings. The lowest BCUT2D eigenvalue weighted by atomic mass is 10.1. The van der Waals surface area contributed by atoms with Gasteiger partial charge in [-0.25, -0.2) is 9.37 Å². The Morgan fingerprint density at radius 2 is 1.96 bits per heavy atom. The molecule has 5 heteroatoms. The SMILES string of the molecule is CN(C)c1cccc(-c2cnc3ccc(OCCF)cc3n2)c1. The van der Waals surface area contributed by atoms with Crippen molar-refractivity contribution < 1.29 is 9.13 Å². The highest BCUT2D eigenvalue weighted by Crippen LogP contribution is 2.25. The summed E-state index contributed by atoms with van der Waals surface area (Å²) in [6.45, 7) is -0.468. The lowest BCUT2D eigenvalue weighted by molar-refractivity contribution is 0.273. The molecule has 3 aromatic rings. The zero-order valence-corrected chi connectivity index (χ0v) is 13.2. The molecule has 0 bridgehead atoms. The first-order chi connectivity index (χ1) is 11.2. The third kappa shape index (κ3) is 3.39. The largest absolute Gasteiger partial charge is 0.491 e. The summed E-state index contributed by atoms with van der Waals surface area (Å²) in [5.74, 6) is 0.601. The van der Waals surface area contributed by atoms with Gasteiger partial charge in [-0.2, -0.15) is 0 Å². The highest BCUT2D eigenvalue weighted by Gasteiger charge is 2.06. The van der Waals surface area contributed by atoms with E-state index in [2.05, 4.69) is 16.0 Å². The summed E-state index contributed by atoms with van der Waals surface area (Å²) in [5.41, 5.74) is 4.41. The lowest BCUT2D eigenvalue weighted by Crippen LogP contribution is -2.08. The Labute approximate surface area is 134 Å². The molecule has 1 aromatic heterocycles. The Morgan fingerprint density at radius 3 is 2.74 bits per heavy atom. The van der Waals surface area contributed by atoms with Crippen molar-refractivity contribution >= 4 is 16.7 Å². The van der Waals surface area contributed by atoms with Crippen LogP contribution in [0.3, 0.4) is 0 Å². The monoisotopic (exact) mass is 311 g/mol. The van der Waals surface area contributed by atoms with Crippen LogP contribution in [0.2, 0.25) is 0 Å². The van der Waals surface area contributed by atoms with E-state index in [-0.39, 0.29) is 6.61 Å². The maximum Gasteiger partial charge on any atom is 0.123 e. The minimum Gasteiger partial charge on any atom is -0.491 e. The van der Waals surface area contributed by atoms with Gasteiger partial charge in [-0.15, -0.1) is 0 Å². The zero-order valence-electron chi connectivity index (χ0n) is 13.2. The molecule has 3 rings (SSSR count). The van der Waals surface area contributed by atoms with Crippen LogP contribution in [0.4, 0.5) is 10.1 Å². The maximum absolute atomic E-state index is 12.2. The van der Waals surface area contributed by atoms with Gasteiger partial charge in [0.05, 0.1) is 22.9 Å². The summed E-state index contributed by atoms with van der Waals surface area (Å²) in [6, 6.07) is 13.5. The van der Waals surface area contributed by atoms with E-state index in [1.807, 2.05) is 43.3 Å². The first-order valence-corrected chi connectivity index (χ1v) is 7.41. The molecule has 0 radical (unpaired) electrons. The third-order valence-electron chi connectivity index (χ3n) is 3.52. The van der Waals surface area contributed by atoms with Crippen LogP contribution in [0, 0.1) is 0 Å². The van der Waals surface area contributed by atoms with Gasteiger partial charge in [0, 0.05) is 31.4 Å². The molecule has 0 aliphatic rings. The number of benzene rings is 2. The highest BCUT2D eigenvalue weighted by atomic mass is 19.1. The predicted octanol–water partition coefficient (Wildman–Crippen LogP) is 3.71. The Kier molecular flexibility index (Phi) is 4.37. The number of ether oxygens (including phenoxy) is 1. The first kappa shape index (κ1) is 15.2. The van der Waals surface area contributed by atoms with Crippen LogP contribution < -0.4 is 9.64 Å². The molecule has 4 nitrogen and oxygen atoms in total. The van der Waals surface area contributed by atoms with Gasteiger partial charge >= 0.3 is 0 Å². The van der Waals surface area contributed by atoms with Crippen molar-refractivity contribution in [1.29, 1.82) is 0 Å². The van der Waals surface area contributed by atoms with Gasteiger partial charge in [0.2, 0.25) is 0 Å². The number of aromatic nitrogens is 2. The van der Waals surface area contributed by atoms with Crippen molar-refractivity contribution in [2.75, 3.05) is 32.3 Å². The molecule has 0 amide bonds. The van der Waals surface area contributed by atoms with Crippen LogP contribution in [0.15, 0.2) is 48.7 Å². The fourth-order valence-corrected chi connectivity index (χ4v) is 2.32. The first-order valence-electron chi connectivity index (χ1n) is 7.41. The molecule has 0 aliphatic heterocycles. The van der Waals surface area contributed by atoms with Crippen LogP contribution in [0.1, 0.15) is 0 Å². The molecule has 0 saturated carbocycles. The summed E-state index contributed by atoms with van der Waals surface area (Å²) >= 11 is 0. The van der Waals surface area contributed by atoms with Gasteiger partial charge in [-0.05, 0) is 24.3 Å². The number of hydrogen-bond donors (Lipinski definition) is 0. The molecule has 0 aliphatic carbocycles. The van der Waals surface area contributed by atoms with Crippen molar-refractivity contribution in [3.8, 4) is 17.0 Å². The highest BCUT2D eigenvalue weighted by molar-refractivity contribution is 5.79. The fourth-order valence-electron chi connectivity index (χ4n) is 2.32. The standard InChI is InChI=1S/C18H18FN3O/c1-22(2)14-5-3-4-13(10-14)18-12-20-16-7-6-15(23-9-8-19)11-17(16)21-18/h3-7,10-12H,8-9H2,1-2H3. The third-order valence-corrected chi connectivity index (χ3v) is 3.52. The van der Waals surface area contributed by atoms with Gasteiger partial charge in [0.15, 0.2) is 0 Å². The summed E-state index contributed by atoms with van der Waals surface area (Å²) < 4.78 is 17.5. The van der Waals surface area contributed by atoms with Gasteiger partial charge in [-0.3, -0.25) is 4.98 Å². The van der Waals surface area contributed by atoms with Crippen LogP contribution in [-0.2, 0) is 0 Å². The Balaban J connectivity index is 1.99. The molecule has 23 heavy (non-hydrogen) atoms. The van der Waals surface area contributed by atoms with Gasteiger partial charge < -0.3 is 9.64 Å². The average Bonchev–Trinajstić information content (AvgIpc) is 2.59. The smallest absolute Gasteiger partial charge is 0.123 e. The fraction of sp³-hybridized carbons (Fsp3) is 0.222. The van der Waals surface area contributed by atoms with Crippen molar-refractivity contribution in [3.63, 3.8) is 0 Å². The number of hydrogen-bond acceptors (Lipinski definition) is 4. The molecular formula is C18H18FN3O. The molecule has 118 valence electrons. The molecule has 1 heterocycles. The van der Waals surface area contributed by atoms with Gasteiger partial charge in [0.1, 0.15) is 19.0 Å². The van der Waals surface area contributed by atoms with Crippen molar-refractivity contribution in [2.45, 2.75) is 0 Å². The van der Waals surface area contributed by atoms with E-state index in [0.717, 1.165) is 28.0 Å². The molecule has 0 atom stereocenters. The average molecular weight is 311 g/mol. The van der Waals surface area contributed by atoms with Gasteiger partial charge in [0.25, 0.3) is 0 Å². The second-order valence-electron chi connectivity index (χ2n) is 5.39. The van der Waals surface area contributed by atoms with E-state index in [4.69, 9.17) is 4.74 Å². The number of rotatable bonds is 5. The Hall–Kier alpha value is -2.69. The second-order valence-corrected chi connectivity index (χ2v) is 5.39. The Bertz CT molecular complexity index is 820. The van der Waals surface area contributed by atoms with E-state index >= 15 is 0 Å². The minimum absolute atomic E-state index is 0.0451. The second kappa shape index (κ2) is 6.60. The van der Waals surface area contributed by atoms with E-state index < -0.39 is 6.67 Å². The van der Waals surface area contributed by atoms with E-state index in [0.29, 0.717) is 5.75 Å². The van der Waals surface area contributed by atoms with Crippen molar-refractivity contribution in [3.05, 3.63) is 48.7 Å². The lowest BCUT2D eigenvalue weighted by Gasteiger charge is -2.13. The van der Waals surface area contributed by atoms with Crippen LogP contribution in [-0.4, -0.2) is 37.3 Å². The number of halogens is 1. The normalized spacial score (nSPS) is 10.7. The Morgan fingerprint density at radius 1 is 1.09 bits per heavy atom. The predicted molar refractivity (Wildman–Crippen MR) is 90.8 cm³/mol. The van der Waals surface area contributed by atoms with Crippen LogP contribution in [0.25, 0.3) is 22.3 Å². The number of anilines is 1. The summed E-state index contributed by atoms with van der Waals surface area (Å²) in [4.78, 5) is 11.2. The van der Waals surface area contributed by atoms with Crippen molar-refractivity contribution in [1.82, 2.24) is 9.97 Å². The van der Waals surface area contributed by atoms with E-state index in [9.17, 15) is 4.39 Å². The minimum atomic E-state index is -0.513. The molecular weight excluding hydrogens is 293 g/mol. The van der Waals surface area contributed by atoms with E-state index in [1.54, 1.807) is 18.3 Å². The van der Waals surface area contributed by atoms with Gasteiger partial charge in [-0.1, -0.05) is 12.1 Å². The molecule has 2 aromatic carbocycles. The van der Waals surface area contributed by atoms with Crippen LogP contribution >= 0.6 is 0 Å². The van der Waals surface area contributed by atoms with E-state index in [1.165, 1.54) is 0 Å². The molecule has 0 spiro atoms. The zero-order chi connectivity index (χ0) is 16.2.